The summed E-state index contributed by atoms with van der Waals surface area (Å²) in [4.78, 5) is 11.4. The highest BCUT2D eigenvalue weighted by molar-refractivity contribution is 5.76. The van der Waals surface area contributed by atoms with E-state index in [1.54, 1.807) is 6.08 Å². The van der Waals surface area contributed by atoms with Crippen LogP contribution in [0.4, 0.5) is 0 Å². The first kappa shape index (κ1) is 11.5. The number of carbonyl (C=O) groups excluding carboxylic acids is 1. The van der Waals surface area contributed by atoms with Crippen molar-refractivity contribution in [3.8, 4) is 0 Å². The summed E-state index contributed by atoms with van der Waals surface area (Å²) >= 11 is 0. The fraction of sp³-hybridized carbons (Fsp3) is 0.308. The summed E-state index contributed by atoms with van der Waals surface area (Å²) in [5.41, 5.74) is 1.13. The Morgan fingerprint density at radius 3 is 2.73 bits per heavy atom. The number of rotatable bonds is 5. The van der Waals surface area contributed by atoms with Gasteiger partial charge in [-0.3, -0.25) is 4.79 Å². The quantitative estimate of drug-likeness (QED) is 0.732. The molecule has 1 aromatic carbocycles. The first-order valence-corrected chi connectivity index (χ1v) is 5.19. The average Bonchev–Trinajstić information content (AvgIpc) is 2.27. The van der Waals surface area contributed by atoms with Gasteiger partial charge >= 0.3 is 0 Å². The highest BCUT2D eigenvalue weighted by atomic mass is 16.1. The number of carbonyl (C=O) groups is 1. The monoisotopic (exact) mass is 203 g/mol. The third-order valence-corrected chi connectivity index (χ3v) is 2.25. The van der Waals surface area contributed by atoms with Crippen LogP contribution in [0, 0.1) is 0 Å². The predicted octanol–water partition coefficient (Wildman–Crippen LogP) is 2.83. The van der Waals surface area contributed by atoms with Crippen molar-refractivity contribution in [1.29, 1.82) is 0 Å². The Bertz CT molecular complexity index is 319. The van der Waals surface area contributed by atoms with E-state index in [0.29, 0.717) is 6.42 Å². The van der Waals surface area contributed by atoms with Crippen LogP contribution in [0.25, 0.3) is 0 Å². The van der Waals surface area contributed by atoms with Gasteiger partial charge in [-0.25, -0.2) is 0 Å². The van der Waals surface area contributed by atoms with Crippen molar-refractivity contribution in [2.45, 2.75) is 25.8 Å². The largest absolute Gasteiger partial charge is 0.350 e. The molecule has 0 aliphatic carbocycles. The van der Waals surface area contributed by atoms with Crippen LogP contribution in [0.2, 0.25) is 0 Å². The van der Waals surface area contributed by atoms with E-state index in [2.05, 4.69) is 11.9 Å². The molecule has 15 heavy (non-hydrogen) atoms. The van der Waals surface area contributed by atoms with Gasteiger partial charge in [0, 0.05) is 6.42 Å². The second-order valence-corrected chi connectivity index (χ2v) is 3.53. The standard InChI is InChI=1S/C13H17NO/c1-3-4-10-13(15)14-11(2)12-8-6-5-7-9-12/h3,5-9,11H,1,4,10H2,2H3,(H,14,15). The molecule has 0 saturated carbocycles. The molecule has 80 valence electrons. The molecule has 1 aromatic rings. The zero-order valence-corrected chi connectivity index (χ0v) is 9.07. The summed E-state index contributed by atoms with van der Waals surface area (Å²) in [6, 6.07) is 10.0. The van der Waals surface area contributed by atoms with Gasteiger partial charge in [0.2, 0.25) is 5.91 Å². The molecule has 0 aliphatic rings. The Balaban J connectivity index is 2.45. The fourth-order valence-corrected chi connectivity index (χ4v) is 1.37. The molecule has 2 nitrogen and oxygen atoms in total. The first-order chi connectivity index (χ1) is 7.24. The Labute approximate surface area is 91.0 Å². The second-order valence-electron chi connectivity index (χ2n) is 3.53. The molecule has 1 rings (SSSR count). The van der Waals surface area contributed by atoms with Crippen LogP contribution in [0.5, 0.6) is 0 Å². The zero-order valence-electron chi connectivity index (χ0n) is 9.07. The average molecular weight is 203 g/mol. The number of amides is 1. The molecule has 0 spiro atoms. The van der Waals surface area contributed by atoms with Crippen LogP contribution in [-0.2, 0) is 4.79 Å². The summed E-state index contributed by atoms with van der Waals surface area (Å²) in [6.07, 6.45) is 3.00. The van der Waals surface area contributed by atoms with E-state index >= 15 is 0 Å². The summed E-state index contributed by atoms with van der Waals surface area (Å²) in [6.45, 7) is 5.58. The number of nitrogens with one attached hydrogen (secondary N) is 1. The van der Waals surface area contributed by atoms with Gasteiger partial charge in [-0.05, 0) is 18.9 Å². The van der Waals surface area contributed by atoms with Gasteiger partial charge < -0.3 is 5.32 Å². The van der Waals surface area contributed by atoms with Gasteiger partial charge in [0.05, 0.1) is 6.04 Å². The number of benzene rings is 1. The van der Waals surface area contributed by atoms with Crippen molar-refractivity contribution >= 4 is 5.91 Å². The molecule has 1 N–H and O–H groups in total. The van der Waals surface area contributed by atoms with Crippen LogP contribution in [-0.4, -0.2) is 5.91 Å². The lowest BCUT2D eigenvalue weighted by Crippen LogP contribution is -2.26. The summed E-state index contributed by atoms with van der Waals surface area (Å²) < 4.78 is 0. The molecule has 1 atom stereocenters. The maximum Gasteiger partial charge on any atom is 0.220 e. The van der Waals surface area contributed by atoms with Crippen molar-refractivity contribution in [1.82, 2.24) is 5.32 Å². The highest BCUT2D eigenvalue weighted by Crippen LogP contribution is 2.11. The Kier molecular flexibility index (Phi) is 4.61. The van der Waals surface area contributed by atoms with E-state index in [1.165, 1.54) is 0 Å². The van der Waals surface area contributed by atoms with Gasteiger partial charge in [-0.1, -0.05) is 36.4 Å². The third-order valence-electron chi connectivity index (χ3n) is 2.25. The minimum Gasteiger partial charge on any atom is -0.350 e. The van der Waals surface area contributed by atoms with Gasteiger partial charge in [0.1, 0.15) is 0 Å². The molecule has 0 bridgehead atoms. The smallest absolute Gasteiger partial charge is 0.220 e. The first-order valence-electron chi connectivity index (χ1n) is 5.19. The molecule has 0 fully saturated rings. The maximum atomic E-state index is 11.4. The van der Waals surface area contributed by atoms with Crippen molar-refractivity contribution in [3.63, 3.8) is 0 Å². The van der Waals surface area contributed by atoms with Crippen molar-refractivity contribution in [3.05, 3.63) is 48.6 Å². The molecular weight excluding hydrogens is 186 g/mol. The number of hydrogen-bond donors (Lipinski definition) is 1. The minimum atomic E-state index is 0.0727. The highest BCUT2D eigenvalue weighted by Gasteiger charge is 2.07. The molecule has 0 aliphatic heterocycles. The number of hydrogen-bond acceptors (Lipinski definition) is 1. The van der Waals surface area contributed by atoms with Crippen molar-refractivity contribution in [2.75, 3.05) is 0 Å². The maximum absolute atomic E-state index is 11.4. The van der Waals surface area contributed by atoms with Gasteiger partial charge in [-0.15, -0.1) is 6.58 Å². The normalized spacial score (nSPS) is 11.8. The summed E-state index contributed by atoms with van der Waals surface area (Å²) in [5.74, 6) is 0.0752. The van der Waals surface area contributed by atoms with Crippen molar-refractivity contribution < 1.29 is 4.79 Å². The third kappa shape index (κ3) is 3.98. The van der Waals surface area contributed by atoms with E-state index in [0.717, 1.165) is 12.0 Å². The topological polar surface area (TPSA) is 29.1 Å². The van der Waals surface area contributed by atoms with E-state index in [1.807, 2.05) is 37.3 Å². The lowest BCUT2D eigenvalue weighted by atomic mass is 10.1. The van der Waals surface area contributed by atoms with Crippen LogP contribution < -0.4 is 5.32 Å². The molecule has 0 heterocycles. The Hall–Kier alpha value is -1.57. The SMILES string of the molecule is C=CCCC(=O)NC(C)c1ccccc1. The predicted molar refractivity (Wildman–Crippen MR) is 62.4 cm³/mol. The Morgan fingerprint density at radius 2 is 2.13 bits per heavy atom. The molecular formula is C13H17NO. The molecule has 0 aromatic heterocycles. The second kappa shape index (κ2) is 6.02. The molecule has 0 saturated heterocycles. The van der Waals surface area contributed by atoms with Gasteiger partial charge in [-0.2, -0.15) is 0 Å². The minimum absolute atomic E-state index is 0.0727. The van der Waals surface area contributed by atoms with Crippen LogP contribution >= 0.6 is 0 Å². The van der Waals surface area contributed by atoms with Crippen LogP contribution in [0.15, 0.2) is 43.0 Å². The van der Waals surface area contributed by atoms with E-state index in [4.69, 9.17) is 0 Å². The van der Waals surface area contributed by atoms with E-state index < -0.39 is 0 Å². The summed E-state index contributed by atoms with van der Waals surface area (Å²) in [5, 5.41) is 2.94. The van der Waals surface area contributed by atoms with E-state index in [9.17, 15) is 4.79 Å². The molecule has 1 amide bonds. The van der Waals surface area contributed by atoms with Crippen molar-refractivity contribution in [2.24, 2.45) is 0 Å². The van der Waals surface area contributed by atoms with Crippen LogP contribution in [0.3, 0.4) is 0 Å². The molecule has 2 heteroatoms. The fourth-order valence-electron chi connectivity index (χ4n) is 1.37. The summed E-state index contributed by atoms with van der Waals surface area (Å²) in [7, 11) is 0. The van der Waals surface area contributed by atoms with Gasteiger partial charge in [0.25, 0.3) is 0 Å². The lowest BCUT2D eigenvalue weighted by Gasteiger charge is -2.13. The zero-order chi connectivity index (χ0) is 11.1. The molecule has 1 unspecified atom stereocenters. The van der Waals surface area contributed by atoms with Gasteiger partial charge in [0.15, 0.2) is 0 Å². The molecule has 0 radical (unpaired) electrons. The Morgan fingerprint density at radius 1 is 1.47 bits per heavy atom. The van der Waals surface area contributed by atoms with E-state index in [-0.39, 0.29) is 11.9 Å². The number of allylic oxidation sites excluding steroid dienone is 1. The van der Waals surface area contributed by atoms with Crippen LogP contribution in [0.1, 0.15) is 31.4 Å². The lowest BCUT2D eigenvalue weighted by molar-refractivity contribution is -0.121.